The molecule has 1 fully saturated rings. The maximum absolute atomic E-state index is 13.4. The lowest BCUT2D eigenvalue weighted by atomic mass is 9.94. The van der Waals surface area contributed by atoms with Crippen LogP contribution in [0.1, 0.15) is 62.3 Å². The van der Waals surface area contributed by atoms with E-state index in [1.165, 1.54) is 0 Å². The molecule has 1 aromatic heterocycles. The zero-order valence-corrected chi connectivity index (χ0v) is 22.5. The fraction of sp³-hybridized carbons (Fsp3) is 0.387. The number of hydrogen-bond acceptors (Lipinski definition) is 6. The lowest BCUT2D eigenvalue weighted by molar-refractivity contribution is -0.139. The number of carbonyl (C=O) groups excluding carboxylic acids is 2. The first-order chi connectivity index (χ1) is 19.0. The average molecular weight is 530 g/mol. The van der Waals surface area contributed by atoms with Gasteiger partial charge in [-0.15, -0.1) is 0 Å². The molecule has 1 saturated heterocycles. The number of rotatable bonds is 11. The van der Waals surface area contributed by atoms with Gasteiger partial charge in [0.15, 0.2) is 0 Å². The number of nitrogens with zero attached hydrogens (tertiary/aromatic N) is 3. The molecule has 1 amide bonds. The summed E-state index contributed by atoms with van der Waals surface area (Å²) in [6, 6.07) is 12.2. The molecule has 39 heavy (non-hydrogen) atoms. The van der Waals surface area contributed by atoms with Crippen LogP contribution in [-0.4, -0.2) is 50.5 Å². The van der Waals surface area contributed by atoms with Gasteiger partial charge in [-0.25, -0.2) is 4.98 Å². The molecule has 1 N–H and O–H groups in total. The van der Waals surface area contributed by atoms with Gasteiger partial charge < -0.3 is 24.0 Å². The predicted octanol–water partition coefficient (Wildman–Crippen LogP) is 5.29. The van der Waals surface area contributed by atoms with Gasteiger partial charge in [-0.3, -0.25) is 9.59 Å². The summed E-state index contributed by atoms with van der Waals surface area (Å²) in [6.07, 6.45) is 9.84. The Bertz CT molecular complexity index is 1360. The van der Waals surface area contributed by atoms with Crippen molar-refractivity contribution in [2.24, 2.45) is 0 Å². The standard InChI is InChI=1S/C31H35N3O5/c1-3-4-5-16-38-25-9-6-8-22(19-25)28-27(29(35)23-10-11-26-24(18-23)17-21(2)39-26)30(36)31(37)34(28)14-7-13-33-15-12-32-20-33/h6,8-12,15,18-21,28,35H,3-5,7,13-14,16-17H2,1-2H3/b29-27+/t21-,28+/m0/s1. The van der Waals surface area contributed by atoms with E-state index in [1.807, 2.05) is 54.1 Å². The van der Waals surface area contributed by atoms with Crippen LogP contribution in [-0.2, 0) is 22.6 Å². The molecule has 8 heteroatoms. The maximum Gasteiger partial charge on any atom is 0.295 e. The molecular weight excluding hydrogens is 494 g/mol. The third-order valence-corrected chi connectivity index (χ3v) is 7.27. The van der Waals surface area contributed by atoms with Crippen molar-refractivity contribution in [3.63, 3.8) is 0 Å². The molecule has 3 aromatic rings. The summed E-state index contributed by atoms with van der Waals surface area (Å²) in [5, 5.41) is 11.5. The number of carbonyl (C=O) groups is 2. The summed E-state index contributed by atoms with van der Waals surface area (Å²) in [5.41, 5.74) is 2.29. The van der Waals surface area contributed by atoms with Crippen LogP contribution < -0.4 is 9.47 Å². The summed E-state index contributed by atoms with van der Waals surface area (Å²) in [7, 11) is 0. The van der Waals surface area contributed by atoms with Gasteiger partial charge in [0.25, 0.3) is 11.7 Å². The molecule has 2 atom stereocenters. The van der Waals surface area contributed by atoms with Crippen LogP contribution in [0.3, 0.4) is 0 Å². The van der Waals surface area contributed by atoms with Crippen LogP contribution in [0, 0.1) is 0 Å². The predicted molar refractivity (Wildman–Crippen MR) is 148 cm³/mol. The number of ether oxygens (including phenoxy) is 2. The van der Waals surface area contributed by atoms with Crippen LogP contribution in [0.25, 0.3) is 5.76 Å². The molecule has 8 nitrogen and oxygen atoms in total. The van der Waals surface area contributed by atoms with Gasteiger partial charge >= 0.3 is 0 Å². The van der Waals surface area contributed by atoms with Gasteiger partial charge in [0.05, 0.1) is 24.5 Å². The fourth-order valence-electron chi connectivity index (χ4n) is 5.34. The highest BCUT2D eigenvalue weighted by atomic mass is 16.5. The van der Waals surface area contributed by atoms with Gasteiger partial charge in [-0.1, -0.05) is 31.9 Å². The molecule has 0 spiro atoms. The number of benzene rings is 2. The number of aryl methyl sites for hydroxylation is 1. The maximum atomic E-state index is 13.4. The Balaban J connectivity index is 1.49. The van der Waals surface area contributed by atoms with E-state index in [4.69, 9.17) is 9.47 Å². The number of imidazole rings is 1. The third-order valence-electron chi connectivity index (χ3n) is 7.27. The first kappa shape index (κ1) is 26.5. The Morgan fingerprint density at radius 3 is 2.79 bits per heavy atom. The molecule has 0 saturated carbocycles. The highest BCUT2D eigenvalue weighted by Gasteiger charge is 2.46. The van der Waals surface area contributed by atoms with Gasteiger partial charge in [0.1, 0.15) is 23.4 Å². The molecular formula is C31H35N3O5. The Kier molecular flexibility index (Phi) is 8.00. The van der Waals surface area contributed by atoms with E-state index in [0.29, 0.717) is 37.4 Å². The van der Waals surface area contributed by atoms with Crippen LogP contribution in [0.2, 0.25) is 0 Å². The SMILES string of the molecule is CCCCCOc1cccc([C@@H]2/C(=C(\O)c3ccc4c(c3)C[C@H](C)O4)C(=O)C(=O)N2CCCn2ccnc2)c1. The summed E-state index contributed by atoms with van der Waals surface area (Å²) in [5.74, 6) is -0.00842. The van der Waals surface area contributed by atoms with Gasteiger partial charge in [0.2, 0.25) is 0 Å². The monoisotopic (exact) mass is 529 g/mol. The molecule has 2 aromatic carbocycles. The lowest BCUT2D eigenvalue weighted by Crippen LogP contribution is -2.31. The van der Waals surface area contributed by atoms with E-state index in [0.717, 1.165) is 42.6 Å². The number of likely N-dealkylation sites (tertiary alicyclic amines) is 1. The smallest absolute Gasteiger partial charge is 0.295 e. The molecule has 204 valence electrons. The second-order valence-corrected chi connectivity index (χ2v) is 10.2. The minimum atomic E-state index is -0.726. The molecule has 0 radical (unpaired) electrons. The summed E-state index contributed by atoms with van der Waals surface area (Å²) in [6.45, 7) is 5.73. The first-order valence-electron chi connectivity index (χ1n) is 13.7. The van der Waals surface area contributed by atoms with E-state index in [-0.39, 0.29) is 17.4 Å². The quantitative estimate of drug-likeness (QED) is 0.157. The van der Waals surface area contributed by atoms with Crippen LogP contribution in [0.4, 0.5) is 0 Å². The average Bonchev–Trinajstić information content (AvgIpc) is 3.65. The Labute approximate surface area is 228 Å². The molecule has 0 bridgehead atoms. The topological polar surface area (TPSA) is 93.9 Å². The van der Waals surface area contributed by atoms with E-state index >= 15 is 0 Å². The summed E-state index contributed by atoms with van der Waals surface area (Å²) < 4.78 is 13.7. The second-order valence-electron chi connectivity index (χ2n) is 10.2. The Morgan fingerprint density at radius 2 is 2.00 bits per heavy atom. The van der Waals surface area contributed by atoms with Gasteiger partial charge in [-0.05, 0) is 61.2 Å². The zero-order valence-electron chi connectivity index (χ0n) is 22.5. The van der Waals surface area contributed by atoms with Crippen LogP contribution in [0.5, 0.6) is 11.5 Å². The first-order valence-corrected chi connectivity index (χ1v) is 13.7. The van der Waals surface area contributed by atoms with Crippen molar-refractivity contribution in [2.45, 2.75) is 64.6 Å². The van der Waals surface area contributed by atoms with Gasteiger partial charge in [0, 0.05) is 37.5 Å². The van der Waals surface area contributed by atoms with Crippen molar-refractivity contribution in [3.05, 3.63) is 83.4 Å². The fourth-order valence-corrected chi connectivity index (χ4v) is 5.34. The van der Waals surface area contributed by atoms with Crippen molar-refractivity contribution in [1.82, 2.24) is 14.5 Å². The molecule has 0 unspecified atom stereocenters. The van der Waals surface area contributed by atoms with E-state index in [2.05, 4.69) is 11.9 Å². The van der Waals surface area contributed by atoms with Crippen molar-refractivity contribution < 1.29 is 24.2 Å². The number of unbranched alkanes of at least 4 members (excludes halogenated alkanes) is 2. The van der Waals surface area contributed by atoms with Crippen LogP contribution in [0.15, 0.2) is 66.8 Å². The molecule has 2 aliphatic heterocycles. The number of ketones is 1. The number of amides is 1. The highest BCUT2D eigenvalue weighted by Crippen LogP contribution is 2.41. The Hall–Kier alpha value is -4.07. The van der Waals surface area contributed by atoms with Crippen molar-refractivity contribution in [3.8, 4) is 11.5 Å². The number of aliphatic hydroxyl groups is 1. The summed E-state index contributed by atoms with van der Waals surface area (Å²) in [4.78, 5) is 32.4. The zero-order chi connectivity index (χ0) is 27.4. The van der Waals surface area contributed by atoms with Crippen molar-refractivity contribution >= 4 is 17.4 Å². The number of aromatic nitrogens is 2. The summed E-state index contributed by atoms with van der Waals surface area (Å²) >= 11 is 0. The minimum Gasteiger partial charge on any atom is -0.507 e. The number of hydrogen-bond donors (Lipinski definition) is 1. The molecule has 2 aliphatic rings. The van der Waals surface area contributed by atoms with E-state index in [1.54, 1.807) is 23.5 Å². The molecule has 3 heterocycles. The third kappa shape index (κ3) is 5.70. The number of aliphatic hydroxyl groups excluding tert-OH is 1. The van der Waals surface area contributed by atoms with Crippen molar-refractivity contribution in [1.29, 1.82) is 0 Å². The largest absolute Gasteiger partial charge is 0.507 e. The minimum absolute atomic E-state index is 0.0542. The Morgan fingerprint density at radius 1 is 1.13 bits per heavy atom. The van der Waals surface area contributed by atoms with Gasteiger partial charge in [-0.2, -0.15) is 0 Å². The van der Waals surface area contributed by atoms with E-state index in [9.17, 15) is 14.7 Å². The van der Waals surface area contributed by atoms with E-state index < -0.39 is 17.7 Å². The number of Topliss-reactive ketones (excluding diaryl/α,β-unsaturated/α-hetero) is 1. The molecule has 0 aliphatic carbocycles. The lowest BCUT2D eigenvalue weighted by Gasteiger charge is -2.26. The number of fused-ring (bicyclic) bond motifs is 1. The molecule has 5 rings (SSSR count). The highest BCUT2D eigenvalue weighted by molar-refractivity contribution is 6.46. The normalized spacial score (nSPS) is 19.8. The van der Waals surface area contributed by atoms with Crippen LogP contribution >= 0.6 is 0 Å². The van der Waals surface area contributed by atoms with Crippen molar-refractivity contribution in [2.75, 3.05) is 13.2 Å². The second kappa shape index (κ2) is 11.8.